The van der Waals surface area contributed by atoms with Gasteiger partial charge in [-0.3, -0.25) is 9.80 Å². The van der Waals surface area contributed by atoms with Gasteiger partial charge in [-0.2, -0.15) is 15.2 Å². The number of piperidine rings is 1. The molecule has 8 rings (SSSR count). The van der Waals surface area contributed by atoms with E-state index in [1.807, 2.05) is 0 Å². The van der Waals surface area contributed by atoms with Crippen LogP contribution in [0.4, 0.5) is 24.1 Å². The minimum Gasteiger partial charge on any atom is -0.461 e. The van der Waals surface area contributed by atoms with E-state index in [-0.39, 0.29) is 50.1 Å². The first-order valence-corrected chi connectivity index (χ1v) is 16.4. The van der Waals surface area contributed by atoms with Gasteiger partial charge in [-0.05, 0) is 50.4 Å². The van der Waals surface area contributed by atoms with Crippen molar-refractivity contribution in [3.8, 4) is 23.2 Å². The Balaban J connectivity index is 1.21. The lowest BCUT2D eigenvalue weighted by Crippen LogP contribution is -2.43. The summed E-state index contributed by atoms with van der Waals surface area (Å²) in [5.41, 5.74) is 6.05. The lowest BCUT2D eigenvalue weighted by atomic mass is 9.95. The highest BCUT2D eigenvalue weighted by atomic mass is 35.5. The number of anilines is 2. The highest BCUT2D eigenvalue weighted by molar-refractivity contribution is 7.22. The van der Waals surface area contributed by atoms with Gasteiger partial charge in [-0.1, -0.05) is 22.9 Å². The maximum Gasteiger partial charge on any atom is 0.319 e. The van der Waals surface area contributed by atoms with Gasteiger partial charge >= 0.3 is 6.01 Å². The average molecular weight is 655 g/mol. The summed E-state index contributed by atoms with van der Waals surface area (Å²) in [6, 6.07) is 6.95. The number of hydrogen-bond donors (Lipinski definition) is 1. The molecule has 6 heterocycles. The Morgan fingerprint density at radius 3 is 2.73 bits per heavy atom. The fourth-order valence-electron chi connectivity index (χ4n) is 7.63. The van der Waals surface area contributed by atoms with Gasteiger partial charge in [0, 0.05) is 55.2 Å². The number of ether oxygens (including phenoxy) is 1. The third kappa shape index (κ3) is 4.85. The Bertz CT molecular complexity index is 1880. The van der Waals surface area contributed by atoms with Crippen molar-refractivity contribution in [1.29, 1.82) is 5.26 Å². The molecule has 2 aromatic heterocycles. The summed E-state index contributed by atoms with van der Waals surface area (Å²) in [7, 11) is 0. The number of nitrogen functional groups attached to an aromatic ring is 1. The Labute approximate surface area is 266 Å². The molecule has 0 aliphatic carbocycles. The van der Waals surface area contributed by atoms with Gasteiger partial charge in [-0.15, -0.1) is 0 Å². The van der Waals surface area contributed by atoms with Crippen molar-refractivity contribution in [3.63, 3.8) is 0 Å². The number of alkyl halides is 1. The van der Waals surface area contributed by atoms with E-state index in [0.717, 1.165) is 50.1 Å². The zero-order valence-electron chi connectivity index (χ0n) is 24.3. The second-order valence-electron chi connectivity index (χ2n) is 12.5. The van der Waals surface area contributed by atoms with Crippen LogP contribution in [0.15, 0.2) is 18.2 Å². The Morgan fingerprint density at radius 2 is 1.96 bits per heavy atom. The molecule has 9 nitrogen and oxygen atoms in total. The monoisotopic (exact) mass is 654 g/mol. The highest BCUT2D eigenvalue weighted by Crippen LogP contribution is 2.44. The van der Waals surface area contributed by atoms with E-state index < -0.39 is 23.3 Å². The third-order valence-electron chi connectivity index (χ3n) is 9.89. The molecule has 45 heavy (non-hydrogen) atoms. The van der Waals surface area contributed by atoms with E-state index in [1.165, 1.54) is 12.1 Å². The summed E-state index contributed by atoms with van der Waals surface area (Å²) < 4.78 is 52.2. The fraction of sp³-hybridized carbons (Fsp3) is 0.484. The second-order valence-corrected chi connectivity index (χ2v) is 14.0. The molecule has 0 spiro atoms. The summed E-state index contributed by atoms with van der Waals surface area (Å²) >= 11 is 7.78. The van der Waals surface area contributed by atoms with Crippen molar-refractivity contribution in [2.45, 2.75) is 55.9 Å². The zero-order chi connectivity index (χ0) is 31.0. The SMILES string of the molecule is N#CC1CN1C1CCN(c2nc(OC[C@@]34CCCN3C[C@H](F)C4)nc3c(F)c(-c4ccc(F)c5sc(N)nc45)c(Cl)cc23)CC1. The number of nitriles is 1. The van der Waals surface area contributed by atoms with Crippen LogP contribution in [-0.2, 0) is 0 Å². The van der Waals surface area contributed by atoms with Gasteiger partial charge in [0.2, 0.25) is 0 Å². The minimum atomic E-state index is -0.916. The van der Waals surface area contributed by atoms with Crippen LogP contribution < -0.4 is 15.4 Å². The molecule has 0 saturated carbocycles. The van der Waals surface area contributed by atoms with Gasteiger partial charge in [0.25, 0.3) is 0 Å². The van der Waals surface area contributed by atoms with Crippen LogP contribution in [-0.4, -0.2) is 87.9 Å². The van der Waals surface area contributed by atoms with Crippen molar-refractivity contribution in [1.82, 2.24) is 24.8 Å². The average Bonchev–Trinajstić information content (AvgIpc) is 3.40. The van der Waals surface area contributed by atoms with E-state index >= 15 is 4.39 Å². The van der Waals surface area contributed by atoms with Gasteiger partial charge in [0.15, 0.2) is 10.9 Å². The van der Waals surface area contributed by atoms with Crippen molar-refractivity contribution in [2.24, 2.45) is 0 Å². The van der Waals surface area contributed by atoms with E-state index in [9.17, 15) is 14.0 Å². The summed E-state index contributed by atoms with van der Waals surface area (Å²) in [5, 5.41) is 9.97. The molecule has 4 aliphatic rings. The maximum absolute atomic E-state index is 16.7. The second kappa shape index (κ2) is 10.8. The predicted molar refractivity (Wildman–Crippen MR) is 167 cm³/mol. The Morgan fingerprint density at radius 1 is 1.13 bits per heavy atom. The van der Waals surface area contributed by atoms with Gasteiger partial charge in [-0.25, -0.2) is 18.2 Å². The molecule has 4 fully saturated rings. The lowest BCUT2D eigenvalue weighted by molar-refractivity contribution is 0.107. The normalized spacial score (nSPS) is 26.9. The quantitative estimate of drug-likeness (QED) is 0.268. The van der Waals surface area contributed by atoms with E-state index in [0.29, 0.717) is 48.9 Å². The maximum atomic E-state index is 16.7. The van der Waals surface area contributed by atoms with Gasteiger partial charge in [0.1, 0.15) is 36.0 Å². The molecule has 2 aromatic carbocycles. The number of halogens is 4. The van der Waals surface area contributed by atoms with Crippen LogP contribution in [0, 0.1) is 23.0 Å². The third-order valence-corrected chi connectivity index (χ3v) is 11.1. The first kappa shape index (κ1) is 29.0. The van der Waals surface area contributed by atoms with Crippen LogP contribution in [0.1, 0.15) is 32.1 Å². The summed E-state index contributed by atoms with van der Waals surface area (Å²) in [6.45, 7) is 3.47. The van der Waals surface area contributed by atoms with Crippen LogP contribution in [0.2, 0.25) is 5.02 Å². The Kier molecular flexibility index (Phi) is 6.98. The topological polar surface area (TPSA) is 107 Å². The van der Waals surface area contributed by atoms with Crippen molar-refractivity contribution >= 4 is 55.0 Å². The number of thiazole rings is 1. The molecule has 2 unspecified atom stereocenters. The summed E-state index contributed by atoms with van der Waals surface area (Å²) in [4.78, 5) is 20.1. The van der Waals surface area contributed by atoms with E-state index in [2.05, 4.69) is 30.7 Å². The Hall–Kier alpha value is -3.44. The number of benzene rings is 2. The van der Waals surface area contributed by atoms with Crippen molar-refractivity contribution < 1.29 is 17.9 Å². The molecule has 4 atom stereocenters. The molecule has 4 saturated heterocycles. The van der Waals surface area contributed by atoms with E-state index in [4.69, 9.17) is 27.1 Å². The molecule has 2 N–H and O–H groups in total. The van der Waals surface area contributed by atoms with Crippen LogP contribution in [0.3, 0.4) is 0 Å². The number of fused-ring (bicyclic) bond motifs is 3. The molecule has 14 heteroatoms. The van der Waals surface area contributed by atoms with Crippen LogP contribution >= 0.6 is 22.9 Å². The molecule has 234 valence electrons. The minimum absolute atomic E-state index is 0.00738. The van der Waals surface area contributed by atoms with Crippen molar-refractivity contribution in [3.05, 3.63) is 34.9 Å². The number of aromatic nitrogens is 3. The summed E-state index contributed by atoms with van der Waals surface area (Å²) in [6.07, 6.45) is 2.88. The molecule has 0 amide bonds. The van der Waals surface area contributed by atoms with Gasteiger partial charge in [0.05, 0.1) is 26.8 Å². The molecule has 4 aromatic rings. The largest absolute Gasteiger partial charge is 0.461 e. The zero-order valence-corrected chi connectivity index (χ0v) is 25.9. The number of nitrogens with zero attached hydrogens (tertiary/aromatic N) is 7. The predicted octanol–water partition coefficient (Wildman–Crippen LogP) is 5.55. The van der Waals surface area contributed by atoms with Gasteiger partial charge < -0.3 is 15.4 Å². The highest BCUT2D eigenvalue weighted by Gasteiger charge is 2.49. The summed E-state index contributed by atoms with van der Waals surface area (Å²) in [5.74, 6) is -0.705. The number of nitrogens with two attached hydrogens (primary N) is 1. The van der Waals surface area contributed by atoms with Crippen LogP contribution in [0.5, 0.6) is 6.01 Å². The number of rotatable bonds is 6. The molecular formula is C31H30ClF3N8OS. The van der Waals surface area contributed by atoms with E-state index in [1.54, 1.807) is 6.07 Å². The first-order valence-electron chi connectivity index (χ1n) is 15.2. The van der Waals surface area contributed by atoms with Crippen LogP contribution in [0.25, 0.3) is 32.2 Å². The lowest BCUT2D eigenvalue weighted by Gasteiger charge is -2.34. The molecule has 0 radical (unpaired) electrons. The molecular weight excluding hydrogens is 625 g/mol. The standard InChI is InChI=1S/C31H30ClF3N8OS/c32-21-10-20-25(24(35)23(21)19-2-3-22(34)27-26(19)38-29(37)45-27)39-30(44-15-31-6-1-7-42(31)13-16(33)11-31)40-28(20)41-8-4-17(5-9-41)43-14-18(43)12-36/h2-3,10,16-18H,1,4-9,11,13-15H2,(H2,37,38)/t16-,18?,31+,43?/m1/s1. The fourth-order valence-corrected chi connectivity index (χ4v) is 8.69. The smallest absolute Gasteiger partial charge is 0.319 e. The molecule has 0 bridgehead atoms. The molecule has 4 aliphatic heterocycles. The number of hydrogen-bond acceptors (Lipinski definition) is 10. The first-order chi connectivity index (χ1) is 21.7. The van der Waals surface area contributed by atoms with Crippen molar-refractivity contribution in [2.75, 3.05) is 50.0 Å².